The molecule has 3 aromatic rings. The molecule has 0 saturated heterocycles. The second kappa shape index (κ2) is 7.93. The third kappa shape index (κ3) is 4.44. The molecule has 2 aromatic carbocycles. The molecule has 0 saturated carbocycles. The van der Waals surface area contributed by atoms with Gasteiger partial charge in [-0.1, -0.05) is 36.4 Å². The van der Waals surface area contributed by atoms with Gasteiger partial charge in [0.1, 0.15) is 0 Å². The molecule has 26 heavy (non-hydrogen) atoms. The van der Waals surface area contributed by atoms with Crippen LogP contribution in [0.2, 0.25) is 0 Å². The minimum absolute atomic E-state index is 0.281. The largest absolute Gasteiger partial charge is 0.452 e. The van der Waals surface area contributed by atoms with E-state index < -0.39 is 24.5 Å². The molecule has 0 fully saturated rings. The van der Waals surface area contributed by atoms with Gasteiger partial charge in [0.05, 0.1) is 17.3 Å². The number of aromatic amines is 1. The van der Waals surface area contributed by atoms with E-state index in [2.05, 4.69) is 20.8 Å². The molecule has 0 bridgehead atoms. The SMILES string of the molecule is O=C(COC(=O)c1ccc2cn[nH]c2c1)NC(=O)NCc1ccccc1. The van der Waals surface area contributed by atoms with E-state index >= 15 is 0 Å². The van der Waals surface area contributed by atoms with Crippen molar-refractivity contribution in [3.8, 4) is 0 Å². The average Bonchev–Trinajstić information content (AvgIpc) is 3.13. The van der Waals surface area contributed by atoms with Gasteiger partial charge in [0.15, 0.2) is 6.61 Å². The van der Waals surface area contributed by atoms with Gasteiger partial charge >= 0.3 is 12.0 Å². The molecule has 0 atom stereocenters. The van der Waals surface area contributed by atoms with Crippen molar-refractivity contribution in [2.24, 2.45) is 0 Å². The minimum Gasteiger partial charge on any atom is -0.452 e. The Kier molecular flexibility index (Phi) is 5.23. The summed E-state index contributed by atoms with van der Waals surface area (Å²) in [6.45, 7) is -0.275. The molecular formula is C18H16N4O4. The van der Waals surface area contributed by atoms with E-state index in [1.165, 1.54) is 0 Å². The van der Waals surface area contributed by atoms with E-state index in [1.54, 1.807) is 24.4 Å². The van der Waals surface area contributed by atoms with Gasteiger partial charge in [-0.2, -0.15) is 5.10 Å². The third-order valence-electron chi connectivity index (χ3n) is 3.56. The number of nitrogens with zero attached hydrogens (tertiary/aromatic N) is 1. The van der Waals surface area contributed by atoms with E-state index in [4.69, 9.17) is 4.74 Å². The summed E-state index contributed by atoms with van der Waals surface area (Å²) in [7, 11) is 0. The first-order valence-electron chi connectivity index (χ1n) is 7.84. The molecule has 8 nitrogen and oxygen atoms in total. The fourth-order valence-electron chi connectivity index (χ4n) is 2.26. The van der Waals surface area contributed by atoms with Gasteiger partial charge in [0, 0.05) is 11.9 Å². The third-order valence-corrected chi connectivity index (χ3v) is 3.56. The zero-order chi connectivity index (χ0) is 18.4. The van der Waals surface area contributed by atoms with Gasteiger partial charge in [0.25, 0.3) is 5.91 Å². The van der Waals surface area contributed by atoms with Crippen molar-refractivity contribution in [3.63, 3.8) is 0 Å². The number of carbonyl (C=O) groups is 3. The highest BCUT2D eigenvalue weighted by molar-refractivity contribution is 5.98. The van der Waals surface area contributed by atoms with Gasteiger partial charge in [-0.3, -0.25) is 15.2 Å². The van der Waals surface area contributed by atoms with Crippen LogP contribution in [0.1, 0.15) is 15.9 Å². The van der Waals surface area contributed by atoms with Crippen LogP contribution >= 0.6 is 0 Å². The van der Waals surface area contributed by atoms with Gasteiger partial charge in [-0.25, -0.2) is 9.59 Å². The number of hydrogen-bond acceptors (Lipinski definition) is 5. The first-order valence-corrected chi connectivity index (χ1v) is 7.84. The molecule has 0 aliphatic rings. The van der Waals surface area contributed by atoms with Crippen LogP contribution in [0.4, 0.5) is 4.79 Å². The van der Waals surface area contributed by atoms with Gasteiger partial charge in [-0.15, -0.1) is 0 Å². The Morgan fingerprint density at radius 1 is 1.08 bits per heavy atom. The van der Waals surface area contributed by atoms with E-state index in [0.29, 0.717) is 5.52 Å². The molecule has 8 heteroatoms. The summed E-state index contributed by atoms with van der Waals surface area (Å²) in [4.78, 5) is 35.3. The molecular weight excluding hydrogens is 336 g/mol. The summed E-state index contributed by atoms with van der Waals surface area (Å²) in [6, 6.07) is 13.5. The van der Waals surface area contributed by atoms with Crippen molar-refractivity contribution in [3.05, 3.63) is 65.9 Å². The quantitative estimate of drug-likeness (QED) is 0.606. The Bertz CT molecular complexity index is 937. The predicted molar refractivity (Wildman–Crippen MR) is 93.2 cm³/mol. The molecule has 0 aliphatic heterocycles. The number of fused-ring (bicyclic) bond motifs is 1. The molecule has 0 radical (unpaired) electrons. The van der Waals surface area contributed by atoms with Gasteiger partial charge in [-0.05, 0) is 17.7 Å². The van der Waals surface area contributed by atoms with E-state index in [1.807, 2.05) is 30.3 Å². The first-order chi connectivity index (χ1) is 12.6. The number of ether oxygens (including phenoxy) is 1. The van der Waals surface area contributed by atoms with E-state index in [9.17, 15) is 14.4 Å². The number of imide groups is 1. The lowest BCUT2D eigenvalue weighted by Crippen LogP contribution is -2.41. The monoisotopic (exact) mass is 352 g/mol. The molecule has 1 heterocycles. The maximum absolute atomic E-state index is 12.0. The van der Waals surface area contributed by atoms with Crippen LogP contribution in [0.5, 0.6) is 0 Å². The molecule has 0 unspecified atom stereocenters. The predicted octanol–water partition coefficient (Wildman–Crippen LogP) is 1.75. The lowest BCUT2D eigenvalue weighted by atomic mass is 10.2. The summed E-state index contributed by atoms with van der Waals surface area (Å²) >= 11 is 0. The van der Waals surface area contributed by atoms with Crippen molar-refractivity contribution < 1.29 is 19.1 Å². The van der Waals surface area contributed by atoms with Crippen molar-refractivity contribution in [1.82, 2.24) is 20.8 Å². The van der Waals surface area contributed by atoms with Crippen molar-refractivity contribution in [2.75, 3.05) is 6.61 Å². The number of amides is 3. The Hall–Kier alpha value is -3.68. The number of nitrogens with one attached hydrogen (secondary N) is 3. The molecule has 132 valence electrons. The maximum Gasteiger partial charge on any atom is 0.338 e. The number of H-pyrrole nitrogens is 1. The standard InChI is InChI=1S/C18H16N4O4/c23-16(21-18(25)19-9-12-4-2-1-3-5-12)11-26-17(24)13-6-7-14-10-20-22-15(14)8-13/h1-8,10H,9,11H2,(H,20,22)(H2,19,21,23,25). The number of aromatic nitrogens is 2. The number of carbonyl (C=O) groups excluding carboxylic acids is 3. The van der Waals surface area contributed by atoms with Crippen molar-refractivity contribution in [1.29, 1.82) is 0 Å². The number of esters is 1. The number of rotatable bonds is 5. The zero-order valence-electron chi connectivity index (χ0n) is 13.7. The van der Waals surface area contributed by atoms with Crippen molar-refractivity contribution in [2.45, 2.75) is 6.54 Å². The zero-order valence-corrected chi connectivity index (χ0v) is 13.7. The van der Waals surface area contributed by atoms with Gasteiger partial charge in [0.2, 0.25) is 0 Å². The highest BCUT2D eigenvalue weighted by Gasteiger charge is 2.13. The number of benzene rings is 2. The summed E-state index contributed by atoms with van der Waals surface area (Å²) in [6.07, 6.45) is 1.63. The first kappa shape index (κ1) is 17.2. The van der Waals surface area contributed by atoms with Crippen LogP contribution < -0.4 is 10.6 Å². The Morgan fingerprint density at radius 2 is 1.88 bits per heavy atom. The Balaban J connectivity index is 1.44. The second-order valence-corrected chi connectivity index (χ2v) is 5.46. The fourth-order valence-corrected chi connectivity index (χ4v) is 2.26. The fraction of sp³-hybridized carbons (Fsp3) is 0.111. The smallest absolute Gasteiger partial charge is 0.338 e. The van der Waals surface area contributed by atoms with Crippen LogP contribution in [0.3, 0.4) is 0 Å². The molecule has 3 rings (SSSR count). The summed E-state index contributed by atoms with van der Waals surface area (Å²) in [5.41, 5.74) is 1.86. The normalized spacial score (nSPS) is 10.3. The highest BCUT2D eigenvalue weighted by atomic mass is 16.5. The summed E-state index contributed by atoms with van der Waals surface area (Å²) < 4.78 is 4.91. The lowest BCUT2D eigenvalue weighted by molar-refractivity contribution is -0.123. The molecule has 3 amide bonds. The van der Waals surface area contributed by atoms with Crippen LogP contribution in [-0.4, -0.2) is 34.7 Å². The minimum atomic E-state index is -0.716. The molecule has 0 spiro atoms. The molecule has 3 N–H and O–H groups in total. The molecule has 0 aliphatic carbocycles. The van der Waals surface area contributed by atoms with Crippen LogP contribution in [0.15, 0.2) is 54.7 Å². The second-order valence-electron chi connectivity index (χ2n) is 5.46. The summed E-state index contributed by atoms with van der Waals surface area (Å²) in [5, 5.41) is 12.1. The Morgan fingerprint density at radius 3 is 2.69 bits per heavy atom. The average molecular weight is 352 g/mol. The highest BCUT2D eigenvalue weighted by Crippen LogP contribution is 2.13. The Labute approximate surface area is 148 Å². The van der Waals surface area contributed by atoms with Gasteiger partial charge < -0.3 is 10.1 Å². The topological polar surface area (TPSA) is 113 Å². The lowest BCUT2D eigenvalue weighted by Gasteiger charge is -2.07. The number of hydrogen-bond donors (Lipinski definition) is 3. The van der Waals surface area contributed by atoms with Crippen LogP contribution in [0, 0.1) is 0 Å². The van der Waals surface area contributed by atoms with E-state index in [-0.39, 0.29) is 12.1 Å². The van der Waals surface area contributed by atoms with Crippen molar-refractivity contribution >= 4 is 28.8 Å². The van der Waals surface area contributed by atoms with Crippen LogP contribution in [0.25, 0.3) is 10.9 Å². The summed E-state index contributed by atoms with van der Waals surface area (Å²) in [5.74, 6) is -1.38. The van der Waals surface area contributed by atoms with Crippen LogP contribution in [-0.2, 0) is 16.1 Å². The molecule has 1 aromatic heterocycles. The number of urea groups is 1. The van der Waals surface area contributed by atoms with E-state index in [0.717, 1.165) is 10.9 Å². The maximum atomic E-state index is 12.0.